The highest BCUT2D eigenvalue weighted by Crippen LogP contribution is 2.11. The fourth-order valence-corrected chi connectivity index (χ4v) is 0.830. The van der Waals surface area contributed by atoms with Gasteiger partial charge in [0.2, 0.25) is 0 Å². The monoisotopic (exact) mass is 154 g/mol. The van der Waals surface area contributed by atoms with Gasteiger partial charge in [-0.2, -0.15) is 0 Å². The molecule has 0 aromatic heterocycles. The van der Waals surface area contributed by atoms with Crippen LogP contribution in [0, 0.1) is 11.8 Å². The Bertz CT molecular complexity index is 138. The highest BCUT2D eigenvalue weighted by Gasteiger charge is 2.12. The van der Waals surface area contributed by atoms with Crippen molar-refractivity contribution in [2.24, 2.45) is 11.8 Å². The number of hydrogen-bond acceptors (Lipinski definition) is 1. The summed E-state index contributed by atoms with van der Waals surface area (Å²) in [4.78, 5) is 11.3. The van der Waals surface area contributed by atoms with Gasteiger partial charge in [-0.15, -0.1) is 6.58 Å². The van der Waals surface area contributed by atoms with Crippen LogP contribution >= 0.6 is 0 Å². The van der Waals surface area contributed by atoms with E-state index in [0.29, 0.717) is 18.1 Å². The van der Waals surface area contributed by atoms with E-state index in [1.54, 1.807) is 0 Å². The quantitative estimate of drug-likeness (QED) is 0.556. The smallest absolute Gasteiger partial charge is 0.136 e. The molecule has 1 heteroatoms. The van der Waals surface area contributed by atoms with Crippen molar-refractivity contribution in [2.45, 2.75) is 33.6 Å². The summed E-state index contributed by atoms with van der Waals surface area (Å²) in [5.41, 5.74) is 0. The largest absolute Gasteiger partial charge is 0.299 e. The Morgan fingerprint density at radius 1 is 1.55 bits per heavy atom. The Balaban J connectivity index is 3.76. The first-order valence-corrected chi connectivity index (χ1v) is 4.27. The maximum atomic E-state index is 11.3. The van der Waals surface area contributed by atoms with Crippen LogP contribution in [0.15, 0.2) is 12.7 Å². The third-order valence-electron chi connectivity index (χ3n) is 2.09. The van der Waals surface area contributed by atoms with Crippen molar-refractivity contribution in [1.82, 2.24) is 0 Å². The number of carbonyl (C=O) groups is 1. The highest BCUT2D eigenvalue weighted by atomic mass is 16.1. The molecule has 0 aliphatic carbocycles. The van der Waals surface area contributed by atoms with E-state index in [1.165, 1.54) is 0 Å². The van der Waals surface area contributed by atoms with Crippen LogP contribution in [0.25, 0.3) is 0 Å². The van der Waals surface area contributed by atoms with Crippen molar-refractivity contribution in [2.75, 3.05) is 0 Å². The number of ketones is 1. The molecule has 0 rings (SSSR count). The lowest BCUT2D eigenvalue weighted by molar-refractivity contribution is -0.122. The Hall–Kier alpha value is -0.590. The van der Waals surface area contributed by atoms with Crippen molar-refractivity contribution in [3.63, 3.8) is 0 Å². The summed E-state index contributed by atoms with van der Waals surface area (Å²) in [6.45, 7) is 9.69. The molecule has 1 nitrogen and oxygen atoms in total. The second kappa shape index (κ2) is 5.11. The van der Waals surface area contributed by atoms with Crippen LogP contribution in [0.5, 0.6) is 0 Å². The van der Waals surface area contributed by atoms with E-state index in [2.05, 4.69) is 6.58 Å². The fraction of sp³-hybridized carbons (Fsp3) is 0.700. The molecule has 0 aliphatic heterocycles. The second-order valence-electron chi connectivity index (χ2n) is 3.19. The Morgan fingerprint density at radius 3 is 2.45 bits per heavy atom. The van der Waals surface area contributed by atoms with Crippen molar-refractivity contribution in [3.8, 4) is 0 Å². The van der Waals surface area contributed by atoms with Gasteiger partial charge in [-0.05, 0) is 12.3 Å². The van der Waals surface area contributed by atoms with Gasteiger partial charge in [0.1, 0.15) is 5.78 Å². The molecule has 0 saturated heterocycles. The Kier molecular flexibility index (Phi) is 4.84. The van der Waals surface area contributed by atoms with Gasteiger partial charge in [0.05, 0.1) is 0 Å². The fourth-order valence-electron chi connectivity index (χ4n) is 0.830. The lowest BCUT2D eigenvalue weighted by Gasteiger charge is -2.09. The van der Waals surface area contributed by atoms with Gasteiger partial charge in [-0.1, -0.05) is 26.8 Å². The summed E-state index contributed by atoms with van der Waals surface area (Å²) in [6.07, 6.45) is 3.43. The summed E-state index contributed by atoms with van der Waals surface area (Å²) >= 11 is 0. The molecule has 0 aromatic carbocycles. The van der Waals surface area contributed by atoms with Gasteiger partial charge in [-0.3, -0.25) is 4.79 Å². The molecular formula is C10H18O. The maximum Gasteiger partial charge on any atom is 0.136 e. The molecule has 11 heavy (non-hydrogen) atoms. The average molecular weight is 154 g/mol. The Labute approximate surface area is 69.5 Å². The normalized spacial score (nSPS) is 15.5. The molecule has 2 unspecified atom stereocenters. The zero-order chi connectivity index (χ0) is 8.85. The van der Waals surface area contributed by atoms with E-state index in [1.807, 2.05) is 26.8 Å². The average Bonchev–Trinajstić information content (AvgIpc) is 2.02. The predicted octanol–water partition coefficient (Wildman–Crippen LogP) is 2.81. The zero-order valence-electron chi connectivity index (χ0n) is 7.76. The van der Waals surface area contributed by atoms with E-state index in [9.17, 15) is 4.79 Å². The second-order valence-corrected chi connectivity index (χ2v) is 3.19. The molecule has 0 spiro atoms. The Morgan fingerprint density at radius 2 is 2.09 bits per heavy atom. The summed E-state index contributed by atoms with van der Waals surface area (Å²) in [7, 11) is 0. The molecular weight excluding hydrogens is 136 g/mol. The number of rotatable bonds is 5. The van der Waals surface area contributed by atoms with Crippen molar-refractivity contribution in [3.05, 3.63) is 12.7 Å². The number of hydrogen-bond donors (Lipinski definition) is 0. The first kappa shape index (κ1) is 10.4. The topological polar surface area (TPSA) is 17.1 Å². The number of Topliss-reactive ketones (excluding diaryl/α,β-unsaturated/α-hetero) is 1. The number of allylic oxidation sites excluding steroid dienone is 1. The van der Waals surface area contributed by atoms with Crippen molar-refractivity contribution in [1.29, 1.82) is 0 Å². The molecule has 0 radical (unpaired) electrons. The van der Waals surface area contributed by atoms with Crippen LogP contribution in [0.2, 0.25) is 0 Å². The maximum absolute atomic E-state index is 11.3. The van der Waals surface area contributed by atoms with Crippen LogP contribution in [-0.2, 0) is 4.79 Å². The first-order valence-electron chi connectivity index (χ1n) is 4.27. The van der Waals surface area contributed by atoms with Crippen LogP contribution < -0.4 is 0 Å². The summed E-state index contributed by atoms with van der Waals surface area (Å²) in [6, 6.07) is 0. The minimum atomic E-state index is 0.220. The molecule has 64 valence electrons. The first-order chi connectivity index (χ1) is 5.11. The van der Waals surface area contributed by atoms with E-state index < -0.39 is 0 Å². The van der Waals surface area contributed by atoms with Crippen LogP contribution in [0.3, 0.4) is 0 Å². The molecule has 2 atom stereocenters. The van der Waals surface area contributed by atoms with Gasteiger partial charge in [0, 0.05) is 12.3 Å². The lowest BCUT2D eigenvalue weighted by atomic mass is 9.95. The summed E-state index contributed by atoms with van der Waals surface area (Å²) in [5, 5.41) is 0. The van der Waals surface area contributed by atoms with E-state index in [0.717, 1.165) is 6.42 Å². The summed E-state index contributed by atoms with van der Waals surface area (Å²) < 4.78 is 0. The SMILES string of the molecule is C=CC(C)CC(=O)C(C)CC. The third-order valence-corrected chi connectivity index (χ3v) is 2.09. The molecule has 0 N–H and O–H groups in total. The molecule has 0 aliphatic rings. The van der Waals surface area contributed by atoms with Gasteiger partial charge < -0.3 is 0 Å². The van der Waals surface area contributed by atoms with Gasteiger partial charge in [0.15, 0.2) is 0 Å². The molecule has 0 heterocycles. The van der Waals surface area contributed by atoms with Crippen LogP contribution in [-0.4, -0.2) is 5.78 Å². The minimum absolute atomic E-state index is 0.220. The standard InChI is InChI=1S/C10H18O/c1-5-8(3)7-10(11)9(4)6-2/h5,8-9H,1,6-7H2,2-4H3. The van der Waals surface area contributed by atoms with Gasteiger partial charge in [-0.25, -0.2) is 0 Å². The van der Waals surface area contributed by atoms with E-state index >= 15 is 0 Å². The van der Waals surface area contributed by atoms with Crippen molar-refractivity contribution < 1.29 is 4.79 Å². The van der Waals surface area contributed by atoms with Crippen LogP contribution in [0.4, 0.5) is 0 Å². The molecule has 0 aromatic rings. The molecule has 0 bridgehead atoms. The molecule has 0 saturated carbocycles. The van der Waals surface area contributed by atoms with Gasteiger partial charge >= 0.3 is 0 Å². The summed E-state index contributed by atoms with van der Waals surface area (Å²) in [5.74, 6) is 0.911. The zero-order valence-corrected chi connectivity index (χ0v) is 7.76. The minimum Gasteiger partial charge on any atom is -0.299 e. The van der Waals surface area contributed by atoms with E-state index in [-0.39, 0.29) is 5.92 Å². The van der Waals surface area contributed by atoms with Gasteiger partial charge in [0.25, 0.3) is 0 Å². The lowest BCUT2D eigenvalue weighted by Crippen LogP contribution is -2.12. The predicted molar refractivity (Wildman–Crippen MR) is 48.4 cm³/mol. The van der Waals surface area contributed by atoms with Crippen molar-refractivity contribution >= 4 is 5.78 Å². The molecule has 0 fully saturated rings. The van der Waals surface area contributed by atoms with E-state index in [4.69, 9.17) is 0 Å². The molecule has 0 amide bonds. The highest BCUT2D eigenvalue weighted by molar-refractivity contribution is 5.80. The van der Waals surface area contributed by atoms with Crippen LogP contribution in [0.1, 0.15) is 33.6 Å². The third kappa shape index (κ3) is 3.97. The number of carbonyl (C=O) groups excluding carboxylic acids is 1.